The highest BCUT2D eigenvalue weighted by molar-refractivity contribution is 5.91. The number of halogens is 2. The summed E-state index contributed by atoms with van der Waals surface area (Å²) in [5, 5.41) is 9.10. The van der Waals surface area contributed by atoms with E-state index >= 15 is 0 Å². The van der Waals surface area contributed by atoms with Gasteiger partial charge < -0.3 is 9.84 Å². The lowest BCUT2D eigenvalue weighted by atomic mass is 10.0. The van der Waals surface area contributed by atoms with E-state index in [1.165, 1.54) is 12.1 Å². The number of aryl methyl sites for hydroxylation is 2. The predicted octanol–water partition coefficient (Wildman–Crippen LogP) is 3.90. The molecule has 2 rings (SSSR count). The first kappa shape index (κ1) is 15.9. The zero-order valence-corrected chi connectivity index (χ0v) is 12.3. The number of carboxylic acids is 1. The van der Waals surface area contributed by atoms with Crippen molar-refractivity contribution in [3.8, 4) is 5.75 Å². The van der Waals surface area contributed by atoms with Crippen molar-refractivity contribution < 1.29 is 23.4 Å². The molecule has 1 N–H and O–H groups in total. The predicted molar refractivity (Wildman–Crippen MR) is 78.4 cm³/mol. The first-order valence-corrected chi connectivity index (χ1v) is 6.79. The quantitative estimate of drug-likeness (QED) is 0.911. The molecule has 2 aromatic carbocycles. The third-order valence-corrected chi connectivity index (χ3v) is 3.38. The van der Waals surface area contributed by atoms with Crippen LogP contribution in [-0.4, -0.2) is 17.7 Å². The molecule has 0 aromatic heterocycles. The minimum atomic E-state index is -0.977. The van der Waals surface area contributed by atoms with Crippen LogP contribution in [-0.2, 0) is 6.42 Å². The molecule has 22 heavy (non-hydrogen) atoms. The number of ether oxygens (including phenoxy) is 1. The molecule has 0 spiro atoms. The van der Waals surface area contributed by atoms with Crippen LogP contribution in [0.2, 0.25) is 0 Å². The van der Waals surface area contributed by atoms with E-state index in [0.29, 0.717) is 28.9 Å². The van der Waals surface area contributed by atoms with Gasteiger partial charge in [0.25, 0.3) is 0 Å². The highest BCUT2D eigenvalue weighted by atomic mass is 19.1. The number of aromatic carboxylic acids is 1. The molecule has 0 bridgehead atoms. The van der Waals surface area contributed by atoms with Gasteiger partial charge in [0, 0.05) is 12.5 Å². The van der Waals surface area contributed by atoms with E-state index in [2.05, 4.69) is 0 Å². The SMILES string of the molecule is Cc1cc(OCCc2ccc(F)cc2F)cc(C)c1C(=O)O. The van der Waals surface area contributed by atoms with Gasteiger partial charge in [-0.1, -0.05) is 6.07 Å². The van der Waals surface area contributed by atoms with Gasteiger partial charge in [-0.25, -0.2) is 13.6 Å². The van der Waals surface area contributed by atoms with Crippen LogP contribution < -0.4 is 4.74 Å². The van der Waals surface area contributed by atoms with Gasteiger partial charge in [0.1, 0.15) is 17.4 Å². The molecule has 3 nitrogen and oxygen atoms in total. The Hall–Kier alpha value is -2.43. The van der Waals surface area contributed by atoms with Gasteiger partial charge in [-0.15, -0.1) is 0 Å². The van der Waals surface area contributed by atoms with E-state index in [1.807, 2.05) is 0 Å². The zero-order chi connectivity index (χ0) is 16.3. The maximum absolute atomic E-state index is 13.5. The van der Waals surface area contributed by atoms with Crippen LogP contribution in [0.25, 0.3) is 0 Å². The van der Waals surface area contributed by atoms with Crippen molar-refractivity contribution in [2.24, 2.45) is 0 Å². The van der Waals surface area contributed by atoms with E-state index in [1.54, 1.807) is 26.0 Å². The highest BCUT2D eigenvalue weighted by Crippen LogP contribution is 2.22. The van der Waals surface area contributed by atoms with Gasteiger partial charge in [0.2, 0.25) is 0 Å². The maximum Gasteiger partial charge on any atom is 0.336 e. The summed E-state index contributed by atoms with van der Waals surface area (Å²) in [5.74, 6) is -1.66. The molecule has 0 radical (unpaired) electrons. The van der Waals surface area contributed by atoms with Crippen LogP contribution in [0.4, 0.5) is 8.78 Å². The Morgan fingerprint density at radius 1 is 1.14 bits per heavy atom. The summed E-state index contributed by atoms with van der Waals surface area (Å²) >= 11 is 0. The topological polar surface area (TPSA) is 46.5 Å². The fourth-order valence-electron chi connectivity index (χ4n) is 2.35. The van der Waals surface area contributed by atoms with Crippen LogP contribution in [0, 0.1) is 25.5 Å². The Bertz CT molecular complexity index is 688. The maximum atomic E-state index is 13.5. The van der Waals surface area contributed by atoms with Gasteiger partial charge in [-0.3, -0.25) is 0 Å². The molecule has 0 saturated carbocycles. The summed E-state index contributed by atoms with van der Waals surface area (Å²) in [4.78, 5) is 11.1. The fraction of sp³-hybridized carbons (Fsp3) is 0.235. The summed E-state index contributed by atoms with van der Waals surface area (Å²) < 4.78 is 31.8. The second-order valence-corrected chi connectivity index (χ2v) is 5.07. The Kier molecular flexibility index (Phi) is 4.75. The van der Waals surface area contributed by atoms with E-state index in [0.717, 1.165) is 6.07 Å². The summed E-state index contributed by atoms with van der Waals surface area (Å²) in [6, 6.07) is 6.70. The van der Waals surface area contributed by atoms with Crippen LogP contribution in [0.3, 0.4) is 0 Å². The Balaban J connectivity index is 2.04. The van der Waals surface area contributed by atoms with E-state index < -0.39 is 17.6 Å². The largest absolute Gasteiger partial charge is 0.493 e. The summed E-state index contributed by atoms with van der Waals surface area (Å²) in [6.45, 7) is 3.61. The number of rotatable bonds is 5. The fourth-order valence-corrected chi connectivity index (χ4v) is 2.35. The lowest BCUT2D eigenvalue weighted by molar-refractivity contribution is 0.0695. The lowest BCUT2D eigenvalue weighted by Gasteiger charge is -2.11. The molecule has 0 aliphatic carbocycles. The standard InChI is InChI=1S/C17H16F2O3/c1-10-7-14(8-11(2)16(10)17(20)21)22-6-5-12-3-4-13(18)9-15(12)19/h3-4,7-9H,5-6H2,1-2H3,(H,20,21). The van der Waals surface area contributed by atoms with Crippen molar-refractivity contribution in [2.45, 2.75) is 20.3 Å². The van der Waals surface area contributed by atoms with Crippen molar-refractivity contribution in [3.63, 3.8) is 0 Å². The number of benzene rings is 2. The second-order valence-electron chi connectivity index (χ2n) is 5.07. The second kappa shape index (κ2) is 6.56. The smallest absolute Gasteiger partial charge is 0.336 e. The van der Waals surface area contributed by atoms with Crippen molar-refractivity contribution in [3.05, 3.63) is 64.2 Å². The molecule has 0 aliphatic rings. The summed E-state index contributed by atoms with van der Waals surface area (Å²) in [7, 11) is 0. The molecular formula is C17H16F2O3. The minimum absolute atomic E-state index is 0.216. The number of hydrogen-bond donors (Lipinski definition) is 1. The molecule has 0 amide bonds. The highest BCUT2D eigenvalue weighted by Gasteiger charge is 2.12. The first-order valence-electron chi connectivity index (χ1n) is 6.79. The molecule has 2 aromatic rings. The van der Waals surface area contributed by atoms with Crippen LogP contribution in [0.5, 0.6) is 5.75 Å². The molecule has 0 aliphatic heterocycles. The molecule has 5 heteroatoms. The van der Waals surface area contributed by atoms with Gasteiger partial charge in [-0.2, -0.15) is 0 Å². The normalized spacial score (nSPS) is 10.5. The molecule has 116 valence electrons. The van der Waals surface area contributed by atoms with Crippen molar-refractivity contribution in [2.75, 3.05) is 6.61 Å². The van der Waals surface area contributed by atoms with Gasteiger partial charge in [0.15, 0.2) is 0 Å². The Labute approximate surface area is 127 Å². The minimum Gasteiger partial charge on any atom is -0.493 e. The van der Waals surface area contributed by atoms with Crippen molar-refractivity contribution >= 4 is 5.97 Å². The molecule has 0 unspecified atom stereocenters. The summed E-state index contributed by atoms with van der Waals surface area (Å²) in [5.41, 5.74) is 1.85. The van der Waals surface area contributed by atoms with Crippen molar-refractivity contribution in [1.29, 1.82) is 0 Å². The molecule has 0 atom stereocenters. The van der Waals surface area contributed by atoms with Gasteiger partial charge >= 0.3 is 5.97 Å². The third-order valence-electron chi connectivity index (χ3n) is 3.38. The molecule has 0 heterocycles. The molecular weight excluding hydrogens is 290 g/mol. The van der Waals surface area contributed by atoms with Crippen LogP contribution in [0.1, 0.15) is 27.0 Å². The van der Waals surface area contributed by atoms with Gasteiger partial charge in [-0.05, 0) is 48.7 Å². The van der Waals surface area contributed by atoms with Gasteiger partial charge in [0.05, 0.1) is 12.2 Å². The van der Waals surface area contributed by atoms with Crippen LogP contribution in [0.15, 0.2) is 30.3 Å². The number of hydrogen-bond acceptors (Lipinski definition) is 2. The zero-order valence-electron chi connectivity index (χ0n) is 12.3. The van der Waals surface area contributed by atoms with Crippen molar-refractivity contribution in [1.82, 2.24) is 0 Å². The molecule has 0 saturated heterocycles. The monoisotopic (exact) mass is 306 g/mol. The Morgan fingerprint density at radius 2 is 1.77 bits per heavy atom. The average Bonchev–Trinajstić information content (AvgIpc) is 2.40. The van der Waals surface area contributed by atoms with Crippen LogP contribution >= 0.6 is 0 Å². The van der Waals surface area contributed by atoms with E-state index in [4.69, 9.17) is 9.84 Å². The number of carbonyl (C=O) groups is 1. The average molecular weight is 306 g/mol. The van der Waals surface area contributed by atoms with E-state index in [-0.39, 0.29) is 12.2 Å². The van der Waals surface area contributed by atoms with E-state index in [9.17, 15) is 13.6 Å². The number of carboxylic acid groups (broad SMARTS) is 1. The third kappa shape index (κ3) is 3.61. The first-order chi connectivity index (χ1) is 10.4. The Morgan fingerprint density at radius 3 is 2.32 bits per heavy atom. The summed E-state index contributed by atoms with van der Waals surface area (Å²) in [6.07, 6.45) is 0.297. The lowest BCUT2D eigenvalue weighted by Crippen LogP contribution is -2.06. The molecule has 0 fully saturated rings.